The maximum atomic E-state index is 13.0. The van der Waals surface area contributed by atoms with E-state index in [1.165, 1.54) is 0 Å². The second-order valence-corrected chi connectivity index (χ2v) is 5.53. The van der Waals surface area contributed by atoms with E-state index in [9.17, 15) is 19.1 Å². The number of aromatic amines is 1. The van der Waals surface area contributed by atoms with Crippen LogP contribution in [0.4, 0.5) is 4.39 Å². The van der Waals surface area contributed by atoms with Gasteiger partial charge in [0, 0.05) is 6.42 Å². The quantitative estimate of drug-likeness (QED) is 0.312. The molecule has 7 N–H and O–H groups in total. The van der Waals surface area contributed by atoms with Gasteiger partial charge in [0.2, 0.25) is 5.82 Å². The van der Waals surface area contributed by atoms with Crippen LogP contribution >= 0.6 is 7.75 Å². The highest BCUT2D eigenvalue weighted by Crippen LogP contribution is 2.27. The molecule has 0 bridgehead atoms. The predicted octanol–water partition coefficient (Wildman–Crippen LogP) is -2.65. The lowest BCUT2D eigenvalue weighted by Crippen LogP contribution is -2.34. The molecule has 1 aliphatic heterocycles. The number of aliphatic hydroxyl groups excluding tert-OH is 2. The van der Waals surface area contributed by atoms with Crippen LogP contribution in [0, 0.1) is 5.82 Å². The van der Waals surface area contributed by atoms with Crippen LogP contribution in [0.2, 0.25) is 0 Å². The van der Waals surface area contributed by atoms with Gasteiger partial charge in [0.05, 0.1) is 18.9 Å². The van der Waals surface area contributed by atoms with Gasteiger partial charge in [-0.05, 0) is 0 Å². The lowest BCUT2D eigenvalue weighted by molar-refractivity contribution is -0.0462. The molecule has 1 aromatic rings. The summed E-state index contributed by atoms with van der Waals surface area (Å²) in [5.41, 5.74) is 2.09. The standard InChI is InChI=1S/C9H11FN2O5.H4NO3P/c10-4-2-12(9(16)11-8(4)15)7-1-5(14)6(3-13)17-7;1-5(2,3)4/h2,5-7,13-14H,1,3H2,(H,11,15,16);(H4,1,2,3,4)/t5-,6+,7+;/m0./s1. The predicted molar refractivity (Wildman–Crippen MR) is 69.1 cm³/mol. The normalized spacial score (nSPS) is 24.7. The highest BCUT2D eigenvalue weighted by Gasteiger charge is 2.35. The molecule has 2 heterocycles. The summed E-state index contributed by atoms with van der Waals surface area (Å²) in [6, 6.07) is 0. The first-order valence-electron chi connectivity index (χ1n) is 5.82. The van der Waals surface area contributed by atoms with E-state index in [2.05, 4.69) is 5.50 Å². The number of aromatic nitrogens is 2. The summed E-state index contributed by atoms with van der Waals surface area (Å²) in [4.78, 5) is 38.8. The topological polar surface area (TPSA) is 188 Å². The SMILES string of the molecule is NP(=O)(O)O.O=c1[nH]c(=O)n([C@H]2C[C@H](O)[C@@H](CO)O2)cc1F. The van der Waals surface area contributed by atoms with Crippen LogP contribution in [-0.4, -0.2) is 48.4 Å². The molecule has 0 aliphatic carbocycles. The van der Waals surface area contributed by atoms with Gasteiger partial charge in [-0.15, -0.1) is 0 Å². The highest BCUT2D eigenvalue weighted by atomic mass is 31.2. The number of hydrogen-bond donors (Lipinski definition) is 6. The summed E-state index contributed by atoms with van der Waals surface area (Å²) in [5.74, 6) is -1.12. The fourth-order valence-electron chi connectivity index (χ4n) is 1.72. The smallest absolute Gasteiger partial charge is 0.394 e. The third-order valence-electron chi connectivity index (χ3n) is 2.62. The van der Waals surface area contributed by atoms with Crippen molar-refractivity contribution in [3.8, 4) is 0 Å². The van der Waals surface area contributed by atoms with Gasteiger partial charge in [-0.1, -0.05) is 0 Å². The van der Waals surface area contributed by atoms with E-state index >= 15 is 0 Å². The molecule has 0 unspecified atom stereocenters. The van der Waals surface area contributed by atoms with Crippen LogP contribution in [0.3, 0.4) is 0 Å². The second-order valence-electron chi connectivity index (χ2n) is 4.35. The zero-order valence-electron chi connectivity index (χ0n) is 11.0. The molecule has 0 amide bonds. The Morgan fingerprint density at radius 1 is 1.50 bits per heavy atom. The Bertz CT molecular complexity index is 661. The number of ether oxygens (including phenoxy) is 1. The monoisotopic (exact) mass is 343 g/mol. The molecule has 3 atom stereocenters. The fourth-order valence-corrected chi connectivity index (χ4v) is 1.72. The number of H-pyrrole nitrogens is 1. The molecular formula is C9H15FN3O8P. The molecule has 1 fully saturated rings. The average Bonchev–Trinajstić information content (AvgIpc) is 2.73. The summed E-state index contributed by atoms with van der Waals surface area (Å²) in [6.45, 7) is -0.405. The van der Waals surface area contributed by atoms with Gasteiger partial charge >= 0.3 is 13.4 Å². The first kappa shape index (κ1) is 18.6. The van der Waals surface area contributed by atoms with Crippen molar-refractivity contribution in [3.63, 3.8) is 0 Å². The van der Waals surface area contributed by atoms with Crippen molar-refractivity contribution in [2.24, 2.45) is 5.50 Å². The number of nitrogens with one attached hydrogen (secondary N) is 1. The van der Waals surface area contributed by atoms with Crippen molar-refractivity contribution in [1.29, 1.82) is 0 Å². The molecule has 126 valence electrons. The first-order valence-corrected chi connectivity index (χ1v) is 7.50. The van der Waals surface area contributed by atoms with E-state index in [0.717, 1.165) is 10.8 Å². The Hall–Kier alpha value is -1.40. The first-order chi connectivity index (χ1) is 10.0. The number of nitrogens with zero attached hydrogens (tertiary/aromatic N) is 1. The number of hydrogen-bond acceptors (Lipinski definition) is 6. The zero-order valence-corrected chi connectivity index (χ0v) is 11.9. The van der Waals surface area contributed by atoms with Crippen LogP contribution < -0.4 is 16.8 Å². The summed E-state index contributed by atoms with van der Waals surface area (Å²) in [7, 11) is -4.14. The Labute approximate surface area is 122 Å². The molecule has 1 aromatic heterocycles. The van der Waals surface area contributed by atoms with Crippen molar-refractivity contribution in [3.05, 3.63) is 32.9 Å². The Morgan fingerprint density at radius 3 is 2.50 bits per heavy atom. The Balaban J connectivity index is 0.000000422. The highest BCUT2D eigenvalue weighted by molar-refractivity contribution is 7.49. The van der Waals surface area contributed by atoms with Gasteiger partial charge in [-0.25, -0.2) is 14.9 Å². The summed E-state index contributed by atoms with van der Waals surface area (Å²) >= 11 is 0. The molecule has 1 aliphatic rings. The Kier molecular flexibility index (Phi) is 6.14. The van der Waals surface area contributed by atoms with Crippen LogP contribution in [-0.2, 0) is 9.30 Å². The van der Waals surface area contributed by atoms with E-state index < -0.39 is 49.9 Å². The van der Waals surface area contributed by atoms with Gasteiger partial charge in [0.25, 0.3) is 5.56 Å². The Morgan fingerprint density at radius 2 is 2.05 bits per heavy atom. The van der Waals surface area contributed by atoms with Crippen molar-refractivity contribution in [1.82, 2.24) is 9.55 Å². The molecule has 1 saturated heterocycles. The minimum atomic E-state index is -4.14. The van der Waals surface area contributed by atoms with Gasteiger partial charge in [0.1, 0.15) is 12.3 Å². The number of rotatable bonds is 2. The van der Waals surface area contributed by atoms with Crippen molar-refractivity contribution >= 4 is 7.75 Å². The maximum Gasteiger partial charge on any atom is 0.397 e. The summed E-state index contributed by atoms with van der Waals surface area (Å²) in [5, 5.41) is 18.3. The third-order valence-corrected chi connectivity index (χ3v) is 2.62. The van der Waals surface area contributed by atoms with E-state index in [0.29, 0.717) is 0 Å². The molecule has 22 heavy (non-hydrogen) atoms. The van der Waals surface area contributed by atoms with E-state index in [1.54, 1.807) is 4.98 Å². The second kappa shape index (κ2) is 7.24. The minimum absolute atomic E-state index is 0.0383. The van der Waals surface area contributed by atoms with Crippen molar-refractivity contribution in [2.45, 2.75) is 24.9 Å². The lowest BCUT2D eigenvalue weighted by atomic mass is 10.2. The van der Waals surface area contributed by atoms with Gasteiger partial charge in [-0.3, -0.25) is 14.3 Å². The van der Waals surface area contributed by atoms with Crippen LogP contribution in [0.15, 0.2) is 15.8 Å². The molecule has 13 heteroatoms. The fraction of sp³-hybridized carbons (Fsp3) is 0.556. The minimum Gasteiger partial charge on any atom is -0.394 e. The molecule has 2 rings (SSSR count). The number of nitrogens with two attached hydrogens (primary N) is 1. The van der Waals surface area contributed by atoms with Crippen LogP contribution in [0.25, 0.3) is 0 Å². The number of halogens is 1. The lowest BCUT2D eigenvalue weighted by Gasteiger charge is -2.13. The van der Waals surface area contributed by atoms with E-state index in [4.69, 9.17) is 24.2 Å². The molecule has 0 spiro atoms. The van der Waals surface area contributed by atoms with Gasteiger partial charge < -0.3 is 24.7 Å². The van der Waals surface area contributed by atoms with Crippen LogP contribution in [0.1, 0.15) is 12.6 Å². The summed E-state index contributed by atoms with van der Waals surface area (Å²) in [6.07, 6.45) is -1.90. The molecule has 0 radical (unpaired) electrons. The molecular weight excluding hydrogens is 328 g/mol. The van der Waals surface area contributed by atoms with Gasteiger partial charge in [-0.2, -0.15) is 4.39 Å². The van der Waals surface area contributed by atoms with E-state index in [-0.39, 0.29) is 6.42 Å². The van der Waals surface area contributed by atoms with E-state index in [1.807, 2.05) is 0 Å². The number of aliphatic hydroxyl groups is 2. The van der Waals surface area contributed by atoms with Crippen LogP contribution in [0.5, 0.6) is 0 Å². The van der Waals surface area contributed by atoms with Gasteiger partial charge in [0.15, 0.2) is 0 Å². The molecule has 0 saturated carbocycles. The maximum absolute atomic E-state index is 13.0. The van der Waals surface area contributed by atoms with Crippen molar-refractivity contribution in [2.75, 3.05) is 6.61 Å². The summed E-state index contributed by atoms with van der Waals surface area (Å²) < 4.78 is 28.1. The molecule has 11 nitrogen and oxygen atoms in total. The zero-order chi connectivity index (χ0) is 17.1. The third kappa shape index (κ3) is 5.42. The largest absolute Gasteiger partial charge is 0.397 e. The van der Waals surface area contributed by atoms with Crippen molar-refractivity contribution < 1.29 is 33.7 Å². The molecule has 0 aromatic carbocycles. The average molecular weight is 343 g/mol.